The van der Waals surface area contributed by atoms with Crippen LogP contribution in [0.25, 0.3) is 0 Å². The van der Waals surface area contributed by atoms with Gasteiger partial charge in [0.25, 0.3) is 15.7 Å². The van der Waals surface area contributed by atoms with E-state index >= 15 is 0 Å². The van der Waals surface area contributed by atoms with Gasteiger partial charge < -0.3 is 15.0 Å². The van der Waals surface area contributed by atoms with Crippen LogP contribution in [0.3, 0.4) is 0 Å². The van der Waals surface area contributed by atoms with Crippen LogP contribution in [0.5, 0.6) is 5.75 Å². The van der Waals surface area contributed by atoms with E-state index in [2.05, 4.69) is 5.32 Å². The van der Waals surface area contributed by atoms with E-state index in [0.717, 1.165) is 42.5 Å². The molecule has 1 aliphatic rings. The van der Waals surface area contributed by atoms with Gasteiger partial charge in [-0.1, -0.05) is 49.1 Å². The van der Waals surface area contributed by atoms with Gasteiger partial charge in [-0.15, -0.1) is 0 Å². The average Bonchev–Trinajstić information content (AvgIpc) is 3.03. The molecule has 45 heavy (non-hydrogen) atoms. The summed E-state index contributed by atoms with van der Waals surface area (Å²) in [6.45, 7) is 2.46. The van der Waals surface area contributed by atoms with Gasteiger partial charge in [0.2, 0.25) is 11.8 Å². The second-order valence-corrected chi connectivity index (χ2v) is 13.4. The van der Waals surface area contributed by atoms with Crippen molar-refractivity contribution in [1.82, 2.24) is 10.2 Å². The Morgan fingerprint density at radius 1 is 1.04 bits per heavy atom. The standard InChI is InChI=1S/C32H37ClN4O7S/c1-22-9-18-29(19-30(22)37(40)41)45(42,43)36(27-14-16-28(44-3)17-15-27)21-31(38)35(20-24-10-12-25(33)13-11-24)23(2)32(39)34-26-7-5-4-6-8-26/h9-19,23,26H,4-8,20-21H2,1-3H3,(H,34,39). The number of ether oxygens (including phenoxy) is 1. The fraction of sp³-hybridized carbons (Fsp3) is 0.375. The molecule has 0 aromatic heterocycles. The fourth-order valence-corrected chi connectivity index (χ4v) is 6.85. The van der Waals surface area contributed by atoms with E-state index in [4.69, 9.17) is 16.3 Å². The predicted octanol–water partition coefficient (Wildman–Crippen LogP) is 5.63. The molecule has 3 aromatic rings. The van der Waals surface area contributed by atoms with E-state index in [1.54, 1.807) is 43.3 Å². The number of carbonyl (C=O) groups excluding carboxylic acids is 2. The zero-order valence-electron chi connectivity index (χ0n) is 25.4. The smallest absolute Gasteiger partial charge is 0.273 e. The molecule has 3 aromatic carbocycles. The molecule has 11 nitrogen and oxygen atoms in total. The lowest BCUT2D eigenvalue weighted by Gasteiger charge is -2.33. The normalized spacial score (nSPS) is 14.3. The van der Waals surface area contributed by atoms with Crippen molar-refractivity contribution in [3.8, 4) is 5.75 Å². The Morgan fingerprint density at radius 2 is 1.69 bits per heavy atom. The number of methoxy groups -OCH3 is 1. The monoisotopic (exact) mass is 656 g/mol. The first-order valence-electron chi connectivity index (χ1n) is 14.7. The molecule has 0 radical (unpaired) electrons. The Hall–Kier alpha value is -4.16. The molecule has 0 saturated heterocycles. The summed E-state index contributed by atoms with van der Waals surface area (Å²) in [6.07, 6.45) is 4.85. The van der Waals surface area contributed by atoms with E-state index in [9.17, 15) is 28.1 Å². The van der Waals surface area contributed by atoms with Gasteiger partial charge in [0.15, 0.2) is 0 Å². The lowest BCUT2D eigenvalue weighted by atomic mass is 9.95. The molecule has 0 aliphatic heterocycles. The first kappa shape index (κ1) is 33.7. The van der Waals surface area contributed by atoms with Crippen molar-refractivity contribution in [2.24, 2.45) is 0 Å². The van der Waals surface area contributed by atoms with E-state index < -0.39 is 33.4 Å². The second-order valence-electron chi connectivity index (χ2n) is 11.1. The van der Waals surface area contributed by atoms with Crippen LogP contribution in [0.2, 0.25) is 5.02 Å². The molecule has 2 amide bonds. The molecule has 0 heterocycles. The number of halogens is 1. The molecule has 1 N–H and O–H groups in total. The van der Waals surface area contributed by atoms with Gasteiger partial charge in [-0.2, -0.15) is 0 Å². The number of carbonyl (C=O) groups is 2. The Labute approximate surface area is 268 Å². The third-order valence-corrected chi connectivity index (χ3v) is 10.0. The number of nitro groups is 1. The van der Waals surface area contributed by atoms with E-state index in [1.165, 1.54) is 43.2 Å². The zero-order valence-corrected chi connectivity index (χ0v) is 27.0. The fourth-order valence-electron chi connectivity index (χ4n) is 5.29. The summed E-state index contributed by atoms with van der Waals surface area (Å²) in [5.41, 5.74) is 0.753. The highest BCUT2D eigenvalue weighted by atomic mass is 35.5. The first-order chi connectivity index (χ1) is 21.4. The number of rotatable bonds is 12. The molecule has 1 saturated carbocycles. The number of nitrogens with zero attached hydrogens (tertiary/aromatic N) is 3. The number of anilines is 1. The van der Waals surface area contributed by atoms with Gasteiger partial charge in [0, 0.05) is 29.2 Å². The highest BCUT2D eigenvalue weighted by Gasteiger charge is 2.34. The van der Waals surface area contributed by atoms with Crippen LogP contribution in [-0.2, 0) is 26.2 Å². The minimum Gasteiger partial charge on any atom is -0.497 e. The number of aryl methyl sites for hydroxylation is 1. The summed E-state index contributed by atoms with van der Waals surface area (Å²) in [5, 5.41) is 15.2. The van der Waals surface area contributed by atoms with Crippen LogP contribution in [0.1, 0.15) is 50.2 Å². The van der Waals surface area contributed by atoms with Crippen molar-refractivity contribution in [3.05, 3.63) is 93.0 Å². The third-order valence-electron chi connectivity index (χ3n) is 7.99. The van der Waals surface area contributed by atoms with Crippen LogP contribution in [0, 0.1) is 17.0 Å². The number of nitro benzene ring substituents is 1. The molecule has 240 valence electrons. The Morgan fingerprint density at radius 3 is 2.29 bits per heavy atom. The molecule has 1 atom stereocenters. The molecule has 1 fully saturated rings. The molecule has 13 heteroatoms. The lowest BCUT2D eigenvalue weighted by molar-refractivity contribution is -0.385. The summed E-state index contributed by atoms with van der Waals surface area (Å²) in [5.74, 6) is -0.514. The Bertz CT molecular complexity index is 1630. The number of amides is 2. The molecule has 0 spiro atoms. The maximum Gasteiger partial charge on any atom is 0.273 e. The quantitative estimate of drug-likeness (QED) is 0.197. The van der Waals surface area contributed by atoms with Gasteiger partial charge >= 0.3 is 0 Å². The summed E-state index contributed by atoms with van der Waals surface area (Å²) < 4.78 is 34.3. The van der Waals surface area contributed by atoms with E-state index in [0.29, 0.717) is 16.3 Å². The van der Waals surface area contributed by atoms with Crippen LogP contribution in [-0.4, -0.2) is 55.8 Å². The number of nitrogens with one attached hydrogen (secondary N) is 1. The van der Waals surface area contributed by atoms with E-state index in [-0.39, 0.29) is 40.3 Å². The number of sulfonamides is 1. The lowest BCUT2D eigenvalue weighted by Crippen LogP contribution is -2.53. The van der Waals surface area contributed by atoms with Crippen molar-refractivity contribution < 1.29 is 27.7 Å². The average molecular weight is 657 g/mol. The highest BCUT2D eigenvalue weighted by molar-refractivity contribution is 7.92. The van der Waals surface area contributed by atoms with Crippen LogP contribution in [0.4, 0.5) is 11.4 Å². The van der Waals surface area contributed by atoms with Crippen molar-refractivity contribution in [3.63, 3.8) is 0 Å². The van der Waals surface area contributed by atoms with Crippen molar-refractivity contribution in [1.29, 1.82) is 0 Å². The van der Waals surface area contributed by atoms with Crippen LogP contribution >= 0.6 is 11.6 Å². The van der Waals surface area contributed by atoms with Crippen molar-refractivity contribution in [2.45, 2.75) is 69.5 Å². The van der Waals surface area contributed by atoms with Gasteiger partial charge in [-0.3, -0.25) is 24.0 Å². The van der Waals surface area contributed by atoms with Crippen molar-refractivity contribution in [2.75, 3.05) is 18.0 Å². The van der Waals surface area contributed by atoms with E-state index in [1.807, 2.05) is 0 Å². The third kappa shape index (κ3) is 8.31. The zero-order chi connectivity index (χ0) is 32.7. The largest absolute Gasteiger partial charge is 0.497 e. The van der Waals surface area contributed by atoms with Crippen LogP contribution < -0.4 is 14.4 Å². The summed E-state index contributed by atoms with van der Waals surface area (Å²) in [7, 11) is -3.03. The highest BCUT2D eigenvalue weighted by Crippen LogP contribution is 2.30. The maximum absolute atomic E-state index is 14.1. The number of benzene rings is 3. The first-order valence-corrected chi connectivity index (χ1v) is 16.5. The number of hydrogen-bond acceptors (Lipinski definition) is 7. The predicted molar refractivity (Wildman–Crippen MR) is 172 cm³/mol. The topological polar surface area (TPSA) is 139 Å². The minimum atomic E-state index is -4.50. The Kier molecular flexibility index (Phi) is 11.1. The van der Waals surface area contributed by atoms with Gasteiger partial charge in [0.1, 0.15) is 18.3 Å². The van der Waals surface area contributed by atoms with Crippen molar-refractivity contribution >= 4 is 44.8 Å². The second kappa shape index (κ2) is 14.7. The molecule has 1 unspecified atom stereocenters. The molecule has 1 aliphatic carbocycles. The maximum atomic E-state index is 14.1. The molecular weight excluding hydrogens is 620 g/mol. The summed E-state index contributed by atoms with van der Waals surface area (Å²) >= 11 is 6.07. The van der Waals surface area contributed by atoms with Gasteiger partial charge in [-0.25, -0.2) is 8.42 Å². The summed E-state index contributed by atoms with van der Waals surface area (Å²) in [4.78, 5) is 39.6. The SMILES string of the molecule is COc1ccc(N(CC(=O)N(Cc2ccc(Cl)cc2)C(C)C(=O)NC2CCCCC2)S(=O)(=O)c2ccc(C)c([N+](=O)[O-])c2)cc1. The Balaban J connectivity index is 1.72. The minimum absolute atomic E-state index is 0.00897. The van der Waals surface area contributed by atoms with Crippen LogP contribution in [0.15, 0.2) is 71.6 Å². The summed E-state index contributed by atoms with van der Waals surface area (Å²) in [6, 6.07) is 15.5. The molecular formula is C32H37ClN4O7S. The van der Waals surface area contributed by atoms with Gasteiger partial charge in [0.05, 0.1) is 22.6 Å². The van der Waals surface area contributed by atoms with Gasteiger partial charge in [-0.05, 0) is 74.7 Å². The molecule has 4 rings (SSSR count). The molecule has 0 bridgehead atoms. The number of hydrogen-bond donors (Lipinski definition) is 1.